The summed E-state index contributed by atoms with van der Waals surface area (Å²) in [4.78, 5) is 0. The van der Waals surface area contributed by atoms with Gasteiger partial charge in [-0.1, -0.05) is 0 Å². The number of nitriles is 1. The minimum Gasteiger partial charge on any atom is -0.379 e. The number of anilines is 1. The first kappa shape index (κ1) is 13.0. The van der Waals surface area contributed by atoms with E-state index in [2.05, 4.69) is 15.5 Å². The third-order valence-electron chi connectivity index (χ3n) is 2.49. The van der Waals surface area contributed by atoms with Crippen LogP contribution in [-0.2, 0) is 12.7 Å². The molecule has 0 fully saturated rings. The second-order valence-electron chi connectivity index (χ2n) is 3.81. The summed E-state index contributed by atoms with van der Waals surface area (Å²) in [6.45, 7) is 0.385. The van der Waals surface area contributed by atoms with E-state index in [1.807, 2.05) is 0 Å². The quantitative estimate of drug-likeness (QED) is 0.897. The van der Waals surface area contributed by atoms with Crippen molar-refractivity contribution in [2.75, 3.05) is 5.32 Å². The van der Waals surface area contributed by atoms with E-state index in [0.717, 1.165) is 11.8 Å². The Kier molecular flexibility index (Phi) is 3.42. The number of halogens is 3. The van der Waals surface area contributed by atoms with Crippen molar-refractivity contribution >= 4 is 5.69 Å². The highest BCUT2D eigenvalue weighted by atomic mass is 19.4. The first-order chi connectivity index (χ1) is 9.00. The third kappa shape index (κ3) is 3.04. The van der Waals surface area contributed by atoms with Gasteiger partial charge in [0.2, 0.25) is 0 Å². The van der Waals surface area contributed by atoms with Gasteiger partial charge in [-0.3, -0.25) is 5.10 Å². The lowest BCUT2D eigenvalue weighted by Crippen LogP contribution is -2.08. The lowest BCUT2D eigenvalue weighted by molar-refractivity contribution is -0.137. The summed E-state index contributed by atoms with van der Waals surface area (Å²) in [5.41, 5.74) is -0.0956. The Labute approximate surface area is 106 Å². The van der Waals surface area contributed by atoms with Gasteiger partial charge in [0, 0.05) is 11.9 Å². The molecule has 4 nitrogen and oxygen atoms in total. The lowest BCUT2D eigenvalue weighted by atomic mass is 10.1. The number of nitrogens with one attached hydrogen (secondary N) is 2. The standard InChI is InChI=1S/C12H9F3N4/c13-12(14,15)11-2-1-9(5-8(11)6-16)17-7-10-3-4-18-19-10/h1-5,17H,7H2,(H,18,19). The van der Waals surface area contributed by atoms with Crippen molar-refractivity contribution in [3.8, 4) is 6.07 Å². The van der Waals surface area contributed by atoms with Crippen molar-refractivity contribution in [1.82, 2.24) is 10.2 Å². The maximum absolute atomic E-state index is 12.6. The molecule has 7 heteroatoms. The summed E-state index contributed by atoms with van der Waals surface area (Å²) >= 11 is 0. The topological polar surface area (TPSA) is 64.5 Å². The molecular weight excluding hydrogens is 257 g/mol. The smallest absolute Gasteiger partial charge is 0.379 e. The molecule has 2 N–H and O–H groups in total. The van der Waals surface area contributed by atoms with Crippen LogP contribution in [-0.4, -0.2) is 10.2 Å². The Morgan fingerprint density at radius 3 is 2.68 bits per heavy atom. The van der Waals surface area contributed by atoms with Gasteiger partial charge in [0.1, 0.15) is 0 Å². The molecule has 0 saturated heterocycles. The molecule has 0 aliphatic rings. The lowest BCUT2D eigenvalue weighted by Gasteiger charge is -2.11. The van der Waals surface area contributed by atoms with Crippen molar-refractivity contribution < 1.29 is 13.2 Å². The van der Waals surface area contributed by atoms with Crippen LogP contribution >= 0.6 is 0 Å². The zero-order chi connectivity index (χ0) is 13.9. The number of H-pyrrole nitrogens is 1. The zero-order valence-electron chi connectivity index (χ0n) is 9.62. The number of aromatic amines is 1. The molecule has 0 aliphatic heterocycles. The molecule has 0 spiro atoms. The summed E-state index contributed by atoms with van der Waals surface area (Å²) in [5, 5.41) is 18.1. The van der Waals surface area contributed by atoms with E-state index in [-0.39, 0.29) is 0 Å². The highest BCUT2D eigenvalue weighted by Crippen LogP contribution is 2.32. The predicted molar refractivity (Wildman–Crippen MR) is 62.1 cm³/mol. The van der Waals surface area contributed by atoms with Crippen molar-refractivity contribution in [3.63, 3.8) is 0 Å². The van der Waals surface area contributed by atoms with Crippen LogP contribution in [0.3, 0.4) is 0 Å². The summed E-state index contributed by atoms with van der Waals surface area (Å²) in [7, 11) is 0. The molecule has 0 aliphatic carbocycles. The number of rotatable bonds is 3. The summed E-state index contributed by atoms with van der Waals surface area (Å²) in [6, 6.07) is 6.66. The van der Waals surface area contributed by atoms with Crippen LogP contribution in [0.4, 0.5) is 18.9 Å². The van der Waals surface area contributed by atoms with Gasteiger partial charge in [-0.25, -0.2) is 0 Å². The maximum Gasteiger partial charge on any atom is 0.417 e. The van der Waals surface area contributed by atoms with Gasteiger partial charge in [0.25, 0.3) is 0 Å². The van der Waals surface area contributed by atoms with E-state index in [1.54, 1.807) is 18.3 Å². The van der Waals surface area contributed by atoms with Gasteiger partial charge in [-0.15, -0.1) is 0 Å². The summed E-state index contributed by atoms with van der Waals surface area (Å²) in [6.07, 6.45) is -2.95. The van der Waals surface area contributed by atoms with Crippen LogP contribution in [0.25, 0.3) is 0 Å². The number of nitrogens with zero attached hydrogens (tertiary/aromatic N) is 2. The van der Waals surface area contributed by atoms with Crippen molar-refractivity contribution in [1.29, 1.82) is 5.26 Å². The van der Waals surface area contributed by atoms with Crippen LogP contribution in [0.2, 0.25) is 0 Å². The highest BCUT2D eigenvalue weighted by molar-refractivity contribution is 5.53. The van der Waals surface area contributed by atoms with Crippen LogP contribution in [0.5, 0.6) is 0 Å². The molecular formula is C12H9F3N4. The minimum absolute atomic E-state index is 0.385. The molecule has 0 atom stereocenters. The van der Waals surface area contributed by atoms with Crippen LogP contribution in [0.1, 0.15) is 16.8 Å². The van der Waals surface area contributed by atoms with E-state index >= 15 is 0 Å². The van der Waals surface area contributed by atoms with Gasteiger partial charge in [-0.2, -0.15) is 23.5 Å². The zero-order valence-corrected chi connectivity index (χ0v) is 9.62. The fourth-order valence-corrected chi connectivity index (χ4v) is 1.57. The van der Waals surface area contributed by atoms with E-state index in [9.17, 15) is 13.2 Å². The van der Waals surface area contributed by atoms with E-state index < -0.39 is 17.3 Å². The average molecular weight is 266 g/mol. The molecule has 0 radical (unpaired) electrons. The minimum atomic E-state index is -4.52. The normalized spacial score (nSPS) is 11.1. The predicted octanol–water partition coefficient (Wildman–Crippen LogP) is 2.91. The fraction of sp³-hybridized carbons (Fsp3) is 0.167. The van der Waals surface area contributed by atoms with Crippen molar-refractivity contribution in [2.24, 2.45) is 0 Å². The Bertz CT molecular complexity index is 596. The van der Waals surface area contributed by atoms with Crippen molar-refractivity contribution in [3.05, 3.63) is 47.3 Å². The molecule has 1 aromatic heterocycles. The Balaban J connectivity index is 2.18. The third-order valence-corrected chi connectivity index (χ3v) is 2.49. The maximum atomic E-state index is 12.6. The van der Waals surface area contributed by atoms with E-state index in [4.69, 9.17) is 5.26 Å². The number of hydrogen-bond acceptors (Lipinski definition) is 3. The van der Waals surface area contributed by atoms with Crippen LogP contribution in [0, 0.1) is 11.3 Å². The Morgan fingerprint density at radius 1 is 1.32 bits per heavy atom. The first-order valence-electron chi connectivity index (χ1n) is 5.34. The molecule has 98 valence electrons. The van der Waals surface area contributed by atoms with Crippen LogP contribution < -0.4 is 5.32 Å². The molecule has 19 heavy (non-hydrogen) atoms. The van der Waals surface area contributed by atoms with Gasteiger partial charge >= 0.3 is 6.18 Å². The summed E-state index contributed by atoms with van der Waals surface area (Å²) in [5.74, 6) is 0. The van der Waals surface area contributed by atoms with Crippen molar-refractivity contribution in [2.45, 2.75) is 12.7 Å². The second kappa shape index (κ2) is 5.02. The first-order valence-corrected chi connectivity index (χ1v) is 5.34. The SMILES string of the molecule is N#Cc1cc(NCc2ccn[nH]2)ccc1C(F)(F)F. The molecule has 2 rings (SSSR count). The second-order valence-corrected chi connectivity index (χ2v) is 3.81. The monoisotopic (exact) mass is 266 g/mol. The molecule has 2 aromatic rings. The summed E-state index contributed by atoms with van der Waals surface area (Å²) < 4.78 is 37.8. The number of aromatic nitrogens is 2. The highest BCUT2D eigenvalue weighted by Gasteiger charge is 2.33. The Morgan fingerprint density at radius 2 is 2.11 bits per heavy atom. The number of hydrogen-bond donors (Lipinski definition) is 2. The fourth-order valence-electron chi connectivity index (χ4n) is 1.57. The van der Waals surface area contributed by atoms with Gasteiger partial charge in [-0.05, 0) is 24.3 Å². The molecule has 0 unspecified atom stereocenters. The molecule has 1 heterocycles. The van der Waals surface area contributed by atoms with Gasteiger partial charge < -0.3 is 5.32 Å². The van der Waals surface area contributed by atoms with Crippen LogP contribution in [0.15, 0.2) is 30.5 Å². The Hall–Kier alpha value is -2.49. The largest absolute Gasteiger partial charge is 0.417 e. The van der Waals surface area contributed by atoms with Gasteiger partial charge in [0.15, 0.2) is 0 Å². The number of alkyl halides is 3. The van der Waals surface area contributed by atoms with Gasteiger partial charge in [0.05, 0.1) is 29.4 Å². The molecule has 0 saturated carbocycles. The molecule has 0 bridgehead atoms. The number of benzene rings is 1. The average Bonchev–Trinajstić information content (AvgIpc) is 2.88. The molecule has 1 aromatic carbocycles. The van der Waals surface area contributed by atoms with E-state index in [1.165, 1.54) is 12.1 Å². The van der Waals surface area contributed by atoms with E-state index in [0.29, 0.717) is 12.2 Å². The molecule has 0 amide bonds.